The van der Waals surface area contributed by atoms with E-state index in [0.29, 0.717) is 9.26 Å². The number of aromatic nitrogens is 2. The first-order valence-electron chi connectivity index (χ1n) is 7.21. The average molecular weight is 450 g/mol. The van der Waals surface area contributed by atoms with E-state index in [1.807, 2.05) is 52.9 Å². The quantitative estimate of drug-likeness (QED) is 0.424. The van der Waals surface area contributed by atoms with Gasteiger partial charge in [0.15, 0.2) is 0 Å². The highest BCUT2D eigenvalue weighted by Crippen LogP contribution is 2.17. The molecule has 8 heteroatoms. The molecule has 2 amide bonds. The lowest BCUT2D eigenvalue weighted by Crippen LogP contribution is -2.42. The third-order valence-corrected chi connectivity index (χ3v) is 4.25. The second kappa shape index (κ2) is 7.43. The van der Waals surface area contributed by atoms with Crippen molar-refractivity contribution in [2.24, 2.45) is 0 Å². The summed E-state index contributed by atoms with van der Waals surface area (Å²) in [7, 11) is 0. The third kappa shape index (κ3) is 4.02. The monoisotopic (exact) mass is 450 g/mol. The van der Waals surface area contributed by atoms with Crippen LogP contribution in [0, 0.1) is 9.39 Å². The van der Waals surface area contributed by atoms with Gasteiger partial charge in [0.1, 0.15) is 11.5 Å². The molecule has 25 heavy (non-hydrogen) atoms. The van der Waals surface area contributed by atoms with Crippen LogP contribution in [0.15, 0.2) is 54.6 Å². The van der Waals surface area contributed by atoms with Gasteiger partial charge in [-0.1, -0.05) is 30.3 Å². The van der Waals surface area contributed by atoms with Gasteiger partial charge in [-0.05, 0) is 46.9 Å². The fourth-order valence-electron chi connectivity index (χ4n) is 2.12. The van der Waals surface area contributed by atoms with Crippen LogP contribution < -0.4 is 10.9 Å². The molecule has 0 fully saturated rings. The molecule has 0 radical (unpaired) electrons. The van der Waals surface area contributed by atoms with E-state index in [-0.39, 0.29) is 11.3 Å². The van der Waals surface area contributed by atoms with Gasteiger partial charge >= 0.3 is 0 Å². The standard InChI is InChI=1S/C17H12FIN4O2/c18-11-6-7-12(13(19)8-11)16(24)22-23-17(25)15-9-14(20-21-15)10-4-2-1-3-5-10/h1-9H,(H,20,21)(H,22,24)(H,23,25). The molecule has 1 aromatic heterocycles. The van der Waals surface area contributed by atoms with Crippen molar-refractivity contribution in [3.63, 3.8) is 0 Å². The van der Waals surface area contributed by atoms with Crippen LogP contribution in [0.2, 0.25) is 0 Å². The number of aromatic amines is 1. The van der Waals surface area contributed by atoms with Crippen LogP contribution in [-0.4, -0.2) is 22.0 Å². The summed E-state index contributed by atoms with van der Waals surface area (Å²) >= 11 is 1.85. The minimum absolute atomic E-state index is 0.202. The van der Waals surface area contributed by atoms with E-state index in [1.165, 1.54) is 18.2 Å². The highest BCUT2D eigenvalue weighted by Gasteiger charge is 2.14. The molecular weight excluding hydrogens is 438 g/mol. The molecule has 3 aromatic rings. The minimum Gasteiger partial charge on any atom is -0.272 e. The van der Waals surface area contributed by atoms with Gasteiger partial charge in [-0.25, -0.2) is 4.39 Å². The zero-order valence-corrected chi connectivity index (χ0v) is 14.9. The average Bonchev–Trinajstić information content (AvgIpc) is 3.10. The Kier molecular flexibility index (Phi) is 5.08. The molecule has 0 bridgehead atoms. The Morgan fingerprint density at radius 1 is 1.00 bits per heavy atom. The smallest absolute Gasteiger partial charge is 0.272 e. The largest absolute Gasteiger partial charge is 0.287 e. The number of carbonyl (C=O) groups is 2. The summed E-state index contributed by atoms with van der Waals surface area (Å²) in [6.45, 7) is 0. The van der Waals surface area contributed by atoms with Crippen LogP contribution >= 0.6 is 22.6 Å². The molecular formula is C17H12FIN4O2. The van der Waals surface area contributed by atoms with Gasteiger partial charge < -0.3 is 0 Å². The number of nitrogens with one attached hydrogen (secondary N) is 3. The molecule has 1 heterocycles. The lowest BCUT2D eigenvalue weighted by Gasteiger charge is -2.07. The van der Waals surface area contributed by atoms with E-state index in [9.17, 15) is 14.0 Å². The van der Waals surface area contributed by atoms with Crippen molar-refractivity contribution >= 4 is 34.4 Å². The molecule has 0 aliphatic carbocycles. The van der Waals surface area contributed by atoms with E-state index in [2.05, 4.69) is 21.0 Å². The van der Waals surface area contributed by atoms with Crippen LogP contribution in [0.4, 0.5) is 4.39 Å². The van der Waals surface area contributed by atoms with Crippen LogP contribution in [0.1, 0.15) is 20.8 Å². The lowest BCUT2D eigenvalue weighted by atomic mass is 10.1. The number of hydrazine groups is 1. The molecule has 0 saturated carbocycles. The first kappa shape index (κ1) is 17.1. The first-order chi connectivity index (χ1) is 12.0. The van der Waals surface area contributed by atoms with Gasteiger partial charge in [0.25, 0.3) is 11.8 Å². The molecule has 0 spiro atoms. The Morgan fingerprint density at radius 3 is 2.44 bits per heavy atom. The molecule has 0 atom stereocenters. The summed E-state index contributed by atoms with van der Waals surface area (Å²) in [5.74, 6) is -1.52. The number of nitrogens with zero attached hydrogens (tertiary/aromatic N) is 1. The van der Waals surface area contributed by atoms with E-state index in [1.54, 1.807) is 6.07 Å². The maximum atomic E-state index is 13.1. The number of rotatable bonds is 3. The Balaban J connectivity index is 1.65. The predicted octanol–water partition coefficient (Wildman–Crippen LogP) is 2.90. The summed E-state index contributed by atoms with van der Waals surface area (Å²) < 4.78 is 13.5. The lowest BCUT2D eigenvalue weighted by molar-refractivity contribution is 0.0843. The third-order valence-electron chi connectivity index (χ3n) is 3.36. The molecule has 126 valence electrons. The molecule has 2 aromatic carbocycles. The van der Waals surface area contributed by atoms with Crippen molar-refractivity contribution in [3.05, 3.63) is 75.2 Å². The normalized spacial score (nSPS) is 10.3. The number of carbonyl (C=O) groups excluding carboxylic acids is 2. The Morgan fingerprint density at radius 2 is 1.72 bits per heavy atom. The summed E-state index contributed by atoms with van der Waals surface area (Å²) in [4.78, 5) is 24.2. The van der Waals surface area contributed by atoms with E-state index >= 15 is 0 Å². The van der Waals surface area contributed by atoms with E-state index in [4.69, 9.17) is 0 Å². The molecule has 3 N–H and O–H groups in total. The number of hydrogen-bond donors (Lipinski definition) is 3. The topological polar surface area (TPSA) is 86.9 Å². The van der Waals surface area contributed by atoms with Gasteiger partial charge in [-0.2, -0.15) is 5.10 Å². The molecule has 0 saturated heterocycles. The summed E-state index contributed by atoms with van der Waals surface area (Å²) in [6, 6.07) is 14.7. The van der Waals surface area contributed by atoms with Gasteiger partial charge in [-0.3, -0.25) is 25.5 Å². The Hall–Kier alpha value is -2.75. The maximum Gasteiger partial charge on any atom is 0.287 e. The number of benzene rings is 2. The highest BCUT2D eigenvalue weighted by atomic mass is 127. The van der Waals surface area contributed by atoms with E-state index < -0.39 is 17.6 Å². The zero-order chi connectivity index (χ0) is 17.8. The first-order valence-corrected chi connectivity index (χ1v) is 8.29. The van der Waals surface area contributed by atoms with Crippen molar-refractivity contribution in [2.75, 3.05) is 0 Å². The summed E-state index contributed by atoms with van der Waals surface area (Å²) in [5, 5.41) is 6.70. The van der Waals surface area contributed by atoms with Crippen molar-refractivity contribution in [1.82, 2.24) is 21.0 Å². The fourth-order valence-corrected chi connectivity index (χ4v) is 2.84. The number of amides is 2. The van der Waals surface area contributed by atoms with Gasteiger partial charge in [0, 0.05) is 9.13 Å². The Bertz CT molecular complexity index is 927. The van der Waals surface area contributed by atoms with Crippen molar-refractivity contribution in [3.8, 4) is 11.3 Å². The van der Waals surface area contributed by atoms with Gasteiger partial charge in [-0.15, -0.1) is 0 Å². The van der Waals surface area contributed by atoms with Crippen molar-refractivity contribution < 1.29 is 14.0 Å². The molecule has 6 nitrogen and oxygen atoms in total. The zero-order valence-electron chi connectivity index (χ0n) is 12.7. The summed E-state index contributed by atoms with van der Waals surface area (Å²) in [6.07, 6.45) is 0. The van der Waals surface area contributed by atoms with Crippen molar-refractivity contribution in [1.29, 1.82) is 0 Å². The minimum atomic E-state index is -0.542. The van der Waals surface area contributed by atoms with Crippen molar-refractivity contribution in [2.45, 2.75) is 0 Å². The fraction of sp³-hybridized carbons (Fsp3) is 0. The molecule has 0 aliphatic rings. The van der Waals surface area contributed by atoms with Gasteiger partial charge in [0.05, 0.1) is 11.3 Å². The van der Waals surface area contributed by atoms with Crippen LogP contribution in [0.5, 0.6) is 0 Å². The SMILES string of the molecule is O=C(NNC(=O)c1ccc(F)cc1I)c1cc(-c2ccccc2)n[nH]1. The summed E-state index contributed by atoms with van der Waals surface area (Å²) in [5.41, 5.74) is 6.53. The molecule has 3 rings (SSSR count). The van der Waals surface area contributed by atoms with Gasteiger partial charge in [0.2, 0.25) is 0 Å². The van der Waals surface area contributed by atoms with Crippen LogP contribution in [0.3, 0.4) is 0 Å². The second-order valence-electron chi connectivity index (χ2n) is 5.07. The van der Waals surface area contributed by atoms with E-state index in [0.717, 1.165) is 5.56 Å². The predicted molar refractivity (Wildman–Crippen MR) is 98.1 cm³/mol. The molecule has 0 unspecified atom stereocenters. The van der Waals surface area contributed by atoms with Crippen LogP contribution in [-0.2, 0) is 0 Å². The van der Waals surface area contributed by atoms with Crippen LogP contribution in [0.25, 0.3) is 11.3 Å². The Labute approximate surface area is 155 Å². The maximum absolute atomic E-state index is 13.1. The molecule has 0 aliphatic heterocycles. The number of halogens is 2. The highest BCUT2D eigenvalue weighted by molar-refractivity contribution is 14.1. The number of H-pyrrole nitrogens is 1. The second-order valence-corrected chi connectivity index (χ2v) is 6.23. The number of hydrogen-bond acceptors (Lipinski definition) is 3.